The Labute approximate surface area is 136 Å². The maximum Gasteiger partial charge on any atom is 0.253 e. The molecule has 0 aliphatic heterocycles. The topological polar surface area (TPSA) is 42.0 Å². The maximum atomic E-state index is 12.5. The molecule has 0 aliphatic rings. The van der Waals surface area contributed by atoms with Crippen LogP contribution in [0.15, 0.2) is 79.1 Å². The average Bonchev–Trinajstić information content (AvgIpc) is 2.61. The number of amides is 1. The van der Waals surface area contributed by atoms with Gasteiger partial charge in [0.05, 0.1) is 11.6 Å². The van der Waals surface area contributed by atoms with E-state index in [1.54, 1.807) is 24.5 Å². The van der Waals surface area contributed by atoms with Gasteiger partial charge in [-0.15, -0.1) is 0 Å². The Bertz CT molecular complexity index is 785. The van der Waals surface area contributed by atoms with Gasteiger partial charge < -0.3 is 5.32 Å². The fraction of sp³-hybridized carbons (Fsp3) is 0.100. The van der Waals surface area contributed by atoms with Gasteiger partial charge in [0, 0.05) is 12.4 Å². The molecule has 3 rings (SSSR count). The number of aryl methyl sites for hydroxylation is 1. The van der Waals surface area contributed by atoms with E-state index in [-0.39, 0.29) is 11.9 Å². The number of hydrogen-bond donors (Lipinski definition) is 1. The SMILES string of the molecule is Cc1cccc(C(NC(=O)c2cccnc2)c2ccccc2)c1. The maximum absolute atomic E-state index is 12.5. The molecular weight excluding hydrogens is 284 g/mol. The molecule has 0 radical (unpaired) electrons. The number of carbonyl (C=O) groups excluding carboxylic acids is 1. The molecule has 1 amide bonds. The zero-order valence-electron chi connectivity index (χ0n) is 12.9. The van der Waals surface area contributed by atoms with Crippen LogP contribution in [0.2, 0.25) is 0 Å². The molecule has 0 spiro atoms. The van der Waals surface area contributed by atoms with E-state index in [1.165, 1.54) is 5.56 Å². The fourth-order valence-electron chi connectivity index (χ4n) is 2.57. The molecule has 0 saturated heterocycles. The van der Waals surface area contributed by atoms with Crippen molar-refractivity contribution in [3.63, 3.8) is 0 Å². The van der Waals surface area contributed by atoms with Gasteiger partial charge in [0.25, 0.3) is 5.91 Å². The molecule has 1 heterocycles. The summed E-state index contributed by atoms with van der Waals surface area (Å²) >= 11 is 0. The largest absolute Gasteiger partial charge is 0.341 e. The molecule has 1 unspecified atom stereocenters. The number of nitrogens with one attached hydrogen (secondary N) is 1. The van der Waals surface area contributed by atoms with Gasteiger partial charge in [-0.2, -0.15) is 0 Å². The van der Waals surface area contributed by atoms with Crippen LogP contribution >= 0.6 is 0 Å². The quantitative estimate of drug-likeness (QED) is 0.794. The highest BCUT2D eigenvalue weighted by Crippen LogP contribution is 2.23. The van der Waals surface area contributed by atoms with Crippen LogP contribution in [0.5, 0.6) is 0 Å². The van der Waals surface area contributed by atoms with Gasteiger partial charge >= 0.3 is 0 Å². The van der Waals surface area contributed by atoms with Gasteiger partial charge in [0.2, 0.25) is 0 Å². The van der Waals surface area contributed by atoms with Crippen molar-refractivity contribution in [1.29, 1.82) is 0 Å². The third-order valence-corrected chi connectivity index (χ3v) is 3.71. The monoisotopic (exact) mass is 302 g/mol. The molecule has 1 N–H and O–H groups in total. The number of aromatic nitrogens is 1. The van der Waals surface area contributed by atoms with Crippen LogP contribution in [-0.2, 0) is 0 Å². The molecule has 0 aliphatic carbocycles. The molecule has 0 bridgehead atoms. The second-order valence-corrected chi connectivity index (χ2v) is 5.47. The first kappa shape index (κ1) is 15.0. The van der Waals surface area contributed by atoms with E-state index in [2.05, 4.69) is 29.4 Å². The van der Waals surface area contributed by atoms with Crippen molar-refractivity contribution < 1.29 is 4.79 Å². The van der Waals surface area contributed by atoms with E-state index in [1.807, 2.05) is 42.5 Å². The summed E-state index contributed by atoms with van der Waals surface area (Å²) in [5, 5.41) is 3.11. The summed E-state index contributed by atoms with van der Waals surface area (Å²) in [6.45, 7) is 2.05. The number of nitrogens with zero attached hydrogens (tertiary/aromatic N) is 1. The number of carbonyl (C=O) groups is 1. The minimum atomic E-state index is -0.191. The van der Waals surface area contributed by atoms with E-state index < -0.39 is 0 Å². The summed E-state index contributed by atoms with van der Waals surface area (Å²) in [5.41, 5.74) is 3.84. The van der Waals surface area contributed by atoms with E-state index in [4.69, 9.17) is 0 Å². The van der Waals surface area contributed by atoms with Crippen molar-refractivity contribution in [2.45, 2.75) is 13.0 Å². The van der Waals surface area contributed by atoms with Crippen molar-refractivity contribution in [2.75, 3.05) is 0 Å². The predicted octanol–water partition coefficient (Wildman–Crippen LogP) is 3.91. The average molecular weight is 302 g/mol. The Balaban J connectivity index is 1.94. The lowest BCUT2D eigenvalue weighted by Gasteiger charge is -2.20. The Morgan fingerprint density at radius 2 is 1.74 bits per heavy atom. The van der Waals surface area contributed by atoms with Crippen molar-refractivity contribution in [1.82, 2.24) is 10.3 Å². The van der Waals surface area contributed by atoms with Crippen molar-refractivity contribution >= 4 is 5.91 Å². The van der Waals surface area contributed by atoms with Crippen molar-refractivity contribution in [2.24, 2.45) is 0 Å². The Kier molecular flexibility index (Phi) is 4.48. The Morgan fingerprint density at radius 3 is 2.43 bits per heavy atom. The highest BCUT2D eigenvalue weighted by Gasteiger charge is 2.17. The molecule has 114 valence electrons. The second kappa shape index (κ2) is 6.88. The molecular formula is C20H18N2O. The number of rotatable bonds is 4. The van der Waals surface area contributed by atoms with E-state index >= 15 is 0 Å². The standard InChI is InChI=1S/C20H18N2O/c1-15-7-5-10-17(13-15)19(16-8-3-2-4-9-16)22-20(23)18-11-6-12-21-14-18/h2-14,19H,1H3,(H,22,23). The second-order valence-electron chi connectivity index (χ2n) is 5.47. The van der Waals surface area contributed by atoms with Crippen LogP contribution in [0, 0.1) is 6.92 Å². The molecule has 1 atom stereocenters. The zero-order chi connectivity index (χ0) is 16.1. The van der Waals surface area contributed by atoms with Gasteiger partial charge in [-0.25, -0.2) is 0 Å². The summed E-state index contributed by atoms with van der Waals surface area (Å²) in [6.07, 6.45) is 3.24. The van der Waals surface area contributed by atoms with Gasteiger partial charge in [-0.3, -0.25) is 9.78 Å². The van der Waals surface area contributed by atoms with Gasteiger partial charge in [0.1, 0.15) is 0 Å². The lowest BCUT2D eigenvalue weighted by atomic mass is 9.97. The third kappa shape index (κ3) is 3.64. The van der Waals surface area contributed by atoms with Crippen LogP contribution in [0.25, 0.3) is 0 Å². The molecule has 0 fully saturated rings. The highest BCUT2D eigenvalue weighted by atomic mass is 16.1. The summed E-state index contributed by atoms with van der Waals surface area (Å²) in [6, 6.07) is 21.5. The fourth-order valence-corrected chi connectivity index (χ4v) is 2.57. The smallest absolute Gasteiger partial charge is 0.253 e. The molecule has 1 aromatic heterocycles. The minimum Gasteiger partial charge on any atom is -0.341 e. The lowest BCUT2D eigenvalue weighted by Crippen LogP contribution is -2.29. The summed E-state index contributed by atoms with van der Waals surface area (Å²) in [7, 11) is 0. The zero-order valence-corrected chi connectivity index (χ0v) is 12.9. The number of benzene rings is 2. The molecule has 3 heteroatoms. The highest BCUT2D eigenvalue weighted by molar-refractivity contribution is 5.94. The van der Waals surface area contributed by atoms with Crippen molar-refractivity contribution in [3.05, 3.63) is 101 Å². The first-order valence-electron chi connectivity index (χ1n) is 7.56. The minimum absolute atomic E-state index is 0.131. The molecule has 23 heavy (non-hydrogen) atoms. The van der Waals surface area contributed by atoms with Crippen LogP contribution in [0.3, 0.4) is 0 Å². The van der Waals surface area contributed by atoms with Crippen LogP contribution in [-0.4, -0.2) is 10.9 Å². The molecule has 0 saturated carbocycles. The number of pyridine rings is 1. The van der Waals surface area contributed by atoms with Crippen molar-refractivity contribution in [3.8, 4) is 0 Å². The number of hydrogen-bond acceptors (Lipinski definition) is 2. The first-order valence-corrected chi connectivity index (χ1v) is 7.56. The van der Waals surface area contributed by atoms with Gasteiger partial charge in [-0.05, 0) is 30.2 Å². The van der Waals surface area contributed by atoms with E-state index in [0.717, 1.165) is 11.1 Å². The van der Waals surface area contributed by atoms with Crippen LogP contribution in [0.4, 0.5) is 0 Å². The molecule has 3 aromatic rings. The Morgan fingerprint density at radius 1 is 0.957 bits per heavy atom. The van der Waals surface area contributed by atoms with E-state index in [0.29, 0.717) is 5.56 Å². The van der Waals surface area contributed by atoms with Crippen LogP contribution < -0.4 is 5.32 Å². The summed E-state index contributed by atoms with van der Waals surface area (Å²) < 4.78 is 0. The third-order valence-electron chi connectivity index (χ3n) is 3.71. The predicted molar refractivity (Wildman–Crippen MR) is 91.2 cm³/mol. The normalized spacial score (nSPS) is 11.7. The lowest BCUT2D eigenvalue weighted by molar-refractivity contribution is 0.0942. The molecule has 2 aromatic carbocycles. The van der Waals surface area contributed by atoms with E-state index in [9.17, 15) is 4.79 Å². The Hall–Kier alpha value is -2.94. The van der Waals surface area contributed by atoms with Gasteiger partial charge in [-0.1, -0.05) is 60.2 Å². The van der Waals surface area contributed by atoms with Gasteiger partial charge in [0.15, 0.2) is 0 Å². The van der Waals surface area contributed by atoms with Crippen LogP contribution in [0.1, 0.15) is 33.1 Å². The molecule has 3 nitrogen and oxygen atoms in total. The first-order chi connectivity index (χ1) is 11.2. The summed E-state index contributed by atoms with van der Waals surface area (Å²) in [5.74, 6) is -0.131. The summed E-state index contributed by atoms with van der Waals surface area (Å²) in [4.78, 5) is 16.5.